The Morgan fingerprint density at radius 3 is 2.64 bits per heavy atom. The fraction of sp³-hybridized carbons (Fsp3) is 0.381. The second kappa shape index (κ2) is 7.56. The lowest BCUT2D eigenvalue weighted by Gasteiger charge is -2.32. The number of aryl methyl sites for hydroxylation is 1. The van der Waals surface area contributed by atoms with E-state index in [1.165, 1.54) is 35.3 Å². The zero-order chi connectivity index (χ0) is 19.7. The van der Waals surface area contributed by atoms with E-state index < -0.39 is 10.0 Å². The van der Waals surface area contributed by atoms with E-state index in [-0.39, 0.29) is 4.90 Å². The minimum atomic E-state index is -3.45. The lowest BCUT2D eigenvalue weighted by Crippen LogP contribution is -2.33. The van der Waals surface area contributed by atoms with Crippen molar-refractivity contribution in [3.63, 3.8) is 0 Å². The first-order chi connectivity index (χ1) is 13.5. The number of anilines is 1. The molecule has 28 heavy (non-hydrogen) atoms. The van der Waals surface area contributed by atoms with E-state index in [1.807, 2.05) is 0 Å². The van der Waals surface area contributed by atoms with Crippen molar-refractivity contribution in [1.29, 1.82) is 0 Å². The predicted molar refractivity (Wildman–Crippen MR) is 112 cm³/mol. The predicted octanol–water partition coefficient (Wildman–Crippen LogP) is 3.42. The number of nitrogens with zero attached hydrogens (tertiary/aromatic N) is 2. The lowest BCUT2D eigenvalue weighted by atomic mass is 9.89. The first-order valence-electron chi connectivity index (χ1n) is 9.77. The van der Waals surface area contributed by atoms with Gasteiger partial charge in [0.2, 0.25) is 10.0 Å². The molecule has 1 saturated heterocycles. The summed E-state index contributed by atoms with van der Waals surface area (Å²) in [6, 6.07) is 9.97. The molecule has 6 nitrogen and oxygen atoms in total. The number of aromatic amines is 1. The van der Waals surface area contributed by atoms with Gasteiger partial charge in [-0.05, 0) is 55.5 Å². The normalized spacial score (nSPS) is 16.0. The van der Waals surface area contributed by atoms with Crippen LogP contribution in [0.2, 0.25) is 0 Å². The molecule has 1 aliphatic rings. The highest BCUT2D eigenvalue weighted by atomic mass is 32.2. The molecule has 1 aromatic carbocycles. The first-order valence-corrected chi connectivity index (χ1v) is 11.2. The Hall–Kier alpha value is -2.38. The van der Waals surface area contributed by atoms with E-state index in [0.29, 0.717) is 5.92 Å². The number of aromatic nitrogens is 2. The van der Waals surface area contributed by atoms with Crippen LogP contribution in [0.1, 0.15) is 36.8 Å². The fourth-order valence-corrected chi connectivity index (χ4v) is 4.80. The van der Waals surface area contributed by atoms with Gasteiger partial charge in [-0.1, -0.05) is 25.1 Å². The summed E-state index contributed by atoms with van der Waals surface area (Å²) in [6.45, 7) is 4.01. The monoisotopic (exact) mass is 398 g/mol. The number of benzene rings is 1. The van der Waals surface area contributed by atoms with Gasteiger partial charge in [0.15, 0.2) is 0 Å². The second-order valence-electron chi connectivity index (χ2n) is 7.26. The number of nitrogens with one attached hydrogen (secondary N) is 2. The van der Waals surface area contributed by atoms with E-state index in [1.54, 1.807) is 12.1 Å². The number of para-hydroxylation sites is 1. The van der Waals surface area contributed by atoms with Crippen molar-refractivity contribution < 1.29 is 8.42 Å². The van der Waals surface area contributed by atoms with Gasteiger partial charge in [-0.3, -0.25) is 0 Å². The molecule has 0 saturated carbocycles. The van der Waals surface area contributed by atoms with Gasteiger partial charge in [-0.2, -0.15) is 0 Å². The molecule has 3 aromatic rings. The summed E-state index contributed by atoms with van der Waals surface area (Å²) in [5.74, 6) is 1.36. The van der Waals surface area contributed by atoms with Gasteiger partial charge in [0, 0.05) is 36.4 Å². The minimum Gasteiger partial charge on any atom is -0.361 e. The van der Waals surface area contributed by atoms with Crippen LogP contribution in [0.3, 0.4) is 0 Å². The number of rotatable bonds is 5. The third-order valence-electron chi connectivity index (χ3n) is 5.77. The average molecular weight is 399 g/mol. The van der Waals surface area contributed by atoms with Crippen molar-refractivity contribution in [1.82, 2.24) is 14.7 Å². The Labute approximate surface area is 166 Å². The molecule has 1 fully saturated rings. The maximum Gasteiger partial charge on any atom is 0.241 e. The van der Waals surface area contributed by atoms with Crippen LogP contribution in [-0.2, 0) is 16.4 Å². The topological polar surface area (TPSA) is 78.1 Å². The smallest absolute Gasteiger partial charge is 0.241 e. The van der Waals surface area contributed by atoms with Crippen molar-refractivity contribution in [3.8, 4) is 0 Å². The van der Waals surface area contributed by atoms with Crippen LogP contribution in [0.5, 0.6) is 0 Å². The maximum absolute atomic E-state index is 11.8. The van der Waals surface area contributed by atoms with E-state index in [9.17, 15) is 8.42 Å². The number of hydrogen-bond acceptors (Lipinski definition) is 4. The molecule has 2 aromatic heterocycles. The van der Waals surface area contributed by atoms with Gasteiger partial charge in [-0.25, -0.2) is 18.1 Å². The standard InChI is InChI=1S/C21H26N4O2S/c1-3-15-5-4-6-18-19(14-24-21(15)18)16-9-11-25(12-10-16)20-8-7-17(13-23-20)28(26,27)22-2/h4-8,13-14,16,22,24H,3,9-12H2,1-2H3. The fourth-order valence-electron chi connectivity index (χ4n) is 4.13. The van der Waals surface area contributed by atoms with E-state index >= 15 is 0 Å². The maximum atomic E-state index is 11.8. The summed E-state index contributed by atoms with van der Waals surface area (Å²) in [7, 11) is -2.04. The number of fused-ring (bicyclic) bond motifs is 1. The van der Waals surface area contributed by atoms with Gasteiger partial charge in [0.05, 0.1) is 0 Å². The first kappa shape index (κ1) is 19.0. The van der Waals surface area contributed by atoms with Gasteiger partial charge in [-0.15, -0.1) is 0 Å². The Morgan fingerprint density at radius 1 is 1.21 bits per heavy atom. The molecule has 7 heteroatoms. The summed E-state index contributed by atoms with van der Waals surface area (Å²) in [4.78, 5) is 10.3. The Bertz CT molecular complexity index is 1070. The molecule has 0 bridgehead atoms. The molecule has 0 radical (unpaired) electrons. The SMILES string of the molecule is CCc1cccc2c(C3CCN(c4ccc(S(=O)(=O)NC)cn4)CC3)c[nH]c12. The Balaban J connectivity index is 1.48. The second-order valence-corrected chi connectivity index (χ2v) is 9.14. The largest absolute Gasteiger partial charge is 0.361 e. The third kappa shape index (κ3) is 3.40. The van der Waals surface area contributed by atoms with E-state index in [4.69, 9.17) is 0 Å². The van der Waals surface area contributed by atoms with Crippen molar-refractivity contribution >= 4 is 26.7 Å². The molecule has 1 aliphatic heterocycles. The summed E-state index contributed by atoms with van der Waals surface area (Å²) < 4.78 is 26.0. The van der Waals surface area contributed by atoms with Crippen molar-refractivity contribution in [2.75, 3.05) is 25.0 Å². The molecule has 0 spiro atoms. The molecule has 148 valence electrons. The number of sulfonamides is 1. The zero-order valence-corrected chi connectivity index (χ0v) is 17.1. The van der Waals surface area contributed by atoms with Gasteiger partial charge in [0.1, 0.15) is 10.7 Å². The van der Waals surface area contributed by atoms with Crippen LogP contribution in [0.25, 0.3) is 10.9 Å². The van der Waals surface area contributed by atoms with Crippen molar-refractivity contribution in [2.45, 2.75) is 37.0 Å². The number of pyridine rings is 1. The zero-order valence-electron chi connectivity index (χ0n) is 16.3. The molecule has 3 heterocycles. The third-order valence-corrected chi connectivity index (χ3v) is 7.17. The Morgan fingerprint density at radius 2 is 2.00 bits per heavy atom. The van der Waals surface area contributed by atoms with Crippen LogP contribution in [0.4, 0.5) is 5.82 Å². The van der Waals surface area contributed by atoms with Crippen LogP contribution >= 0.6 is 0 Å². The molecule has 0 aliphatic carbocycles. The van der Waals surface area contributed by atoms with E-state index in [2.05, 4.69) is 50.9 Å². The highest BCUT2D eigenvalue weighted by Gasteiger charge is 2.24. The minimum absolute atomic E-state index is 0.194. The number of piperidine rings is 1. The molecule has 0 amide bonds. The van der Waals surface area contributed by atoms with Gasteiger partial charge < -0.3 is 9.88 Å². The molecular formula is C21H26N4O2S. The van der Waals surface area contributed by atoms with E-state index in [0.717, 1.165) is 38.2 Å². The summed E-state index contributed by atoms with van der Waals surface area (Å²) >= 11 is 0. The molecule has 2 N–H and O–H groups in total. The molecule has 4 rings (SSSR count). The summed E-state index contributed by atoms with van der Waals surface area (Å²) in [5.41, 5.74) is 4.04. The molecular weight excluding hydrogens is 372 g/mol. The number of H-pyrrole nitrogens is 1. The Kier molecular flexibility index (Phi) is 5.12. The molecule has 0 atom stereocenters. The van der Waals surface area contributed by atoms with Crippen LogP contribution in [0, 0.1) is 0 Å². The van der Waals surface area contributed by atoms with Crippen LogP contribution < -0.4 is 9.62 Å². The van der Waals surface area contributed by atoms with Gasteiger partial charge in [0.25, 0.3) is 0 Å². The highest BCUT2D eigenvalue weighted by molar-refractivity contribution is 7.89. The summed E-state index contributed by atoms with van der Waals surface area (Å²) in [5, 5.41) is 1.34. The molecule has 0 unspecified atom stereocenters. The summed E-state index contributed by atoms with van der Waals surface area (Å²) in [6.07, 6.45) is 6.75. The highest BCUT2D eigenvalue weighted by Crippen LogP contribution is 2.35. The number of hydrogen-bond donors (Lipinski definition) is 2. The lowest BCUT2D eigenvalue weighted by molar-refractivity contribution is 0.505. The van der Waals surface area contributed by atoms with Crippen molar-refractivity contribution in [3.05, 3.63) is 53.9 Å². The van der Waals surface area contributed by atoms with Crippen LogP contribution in [-0.4, -0.2) is 38.5 Å². The quantitative estimate of drug-likeness (QED) is 0.690. The van der Waals surface area contributed by atoms with Crippen LogP contribution in [0.15, 0.2) is 47.6 Å². The van der Waals surface area contributed by atoms with Gasteiger partial charge >= 0.3 is 0 Å². The average Bonchev–Trinajstić information content (AvgIpc) is 3.18. The van der Waals surface area contributed by atoms with Crippen molar-refractivity contribution in [2.24, 2.45) is 0 Å².